The Morgan fingerprint density at radius 3 is 2.29 bits per heavy atom. The molecule has 4 N–H and O–H groups in total. The predicted molar refractivity (Wildman–Crippen MR) is 109 cm³/mol. The molecular formula is C23H25F2NO5. The first-order chi connectivity index (χ1) is 14.8. The lowest BCUT2D eigenvalue weighted by Gasteiger charge is -2.40. The van der Waals surface area contributed by atoms with Gasteiger partial charge in [-0.15, -0.1) is 0 Å². The number of aryl methyl sites for hydroxylation is 1. The average Bonchev–Trinajstić information content (AvgIpc) is 3.11. The Hall–Kier alpha value is -2.36. The summed E-state index contributed by atoms with van der Waals surface area (Å²) in [5.74, 6) is -1.56. The Balaban J connectivity index is 1.80. The summed E-state index contributed by atoms with van der Waals surface area (Å²) in [6.07, 6.45) is -4.53. The molecule has 8 heteroatoms. The molecule has 2 heterocycles. The van der Waals surface area contributed by atoms with Gasteiger partial charge in [-0.2, -0.15) is 0 Å². The molecule has 3 aromatic rings. The van der Waals surface area contributed by atoms with Gasteiger partial charge in [0.05, 0.1) is 12.1 Å². The number of hydrogen-bond acceptors (Lipinski definition) is 5. The van der Waals surface area contributed by atoms with Crippen LogP contribution in [0.4, 0.5) is 8.78 Å². The van der Waals surface area contributed by atoms with Gasteiger partial charge in [0.1, 0.15) is 42.2 Å². The lowest BCUT2D eigenvalue weighted by Crippen LogP contribution is -2.55. The zero-order valence-corrected chi connectivity index (χ0v) is 16.9. The molecule has 1 aliphatic rings. The van der Waals surface area contributed by atoms with Crippen LogP contribution in [0.1, 0.15) is 29.7 Å². The van der Waals surface area contributed by atoms with E-state index in [1.807, 2.05) is 31.2 Å². The second-order valence-electron chi connectivity index (χ2n) is 7.92. The molecule has 2 aromatic carbocycles. The van der Waals surface area contributed by atoms with E-state index >= 15 is 0 Å². The first-order valence-electron chi connectivity index (χ1n) is 10.2. The molecule has 1 aromatic heterocycles. The molecular weight excluding hydrogens is 408 g/mol. The third-order valence-corrected chi connectivity index (χ3v) is 5.90. The van der Waals surface area contributed by atoms with Crippen molar-refractivity contribution in [3.05, 3.63) is 70.9 Å². The van der Waals surface area contributed by atoms with Crippen LogP contribution < -0.4 is 0 Å². The van der Waals surface area contributed by atoms with E-state index < -0.39 is 48.8 Å². The van der Waals surface area contributed by atoms with Crippen molar-refractivity contribution in [3.8, 4) is 0 Å². The van der Waals surface area contributed by atoms with E-state index in [4.69, 9.17) is 4.74 Å². The second kappa shape index (κ2) is 8.64. The maximum atomic E-state index is 14.8. The number of nitrogens with zero attached hydrogens (tertiary/aromatic N) is 1. The molecule has 31 heavy (non-hydrogen) atoms. The molecule has 0 unspecified atom stereocenters. The van der Waals surface area contributed by atoms with Gasteiger partial charge in [-0.25, -0.2) is 8.78 Å². The summed E-state index contributed by atoms with van der Waals surface area (Å²) in [6.45, 7) is 1.75. The lowest BCUT2D eigenvalue weighted by atomic mass is 9.91. The number of rotatable bonds is 5. The minimum atomic E-state index is -1.59. The third-order valence-electron chi connectivity index (χ3n) is 5.90. The van der Waals surface area contributed by atoms with E-state index in [1.165, 1.54) is 0 Å². The van der Waals surface area contributed by atoms with Crippen LogP contribution in [0.5, 0.6) is 0 Å². The second-order valence-corrected chi connectivity index (χ2v) is 7.92. The number of aliphatic hydroxyl groups excluding tert-OH is 4. The Morgan fingerprint density at radius 2 is 1.65 bits per heavy atom. The number of aliphatic hydroxyl groups is 4. The Morgan fingerprint density at radius 1 is 0.968 bits per heavy atom. The van der Waals surface area contributed by atoms with Crippen molar-refractivity contribution in [1.82, 2.24) is 4.57 Å². The van der Waals surface area contributed by atoms with Gasteiger partial charge in [-0.05, 0) is 23.6 Å². The van der Waals surface area contributed by atoms with E-state index in [0.717, 1.165) is 29.7 Å². The maximum Gasteiger partial charge on any atom is 0.150 e. The highest BCUT2D eigenvalue weighted by molar-refractivity contribution is 5.85. The van der Waals surface area contributed by atoms with Crippen molar-refractivity contribution in [2.24, 2.45) is 0 Å². The van der Waals surface area contributed by atoms with Crippen molar-refractivity contribution in [2.75, 3.05) is 6.61 Å². The van der Waals surface area contributed by atoms with Crippen molar-refractivity contribution >= 4 is 10.9 Å². The van der Waals surface area contributed by atoms with Gasteiger partial charge in [-0.1, -0.05) is 31.2 Å². The smallest absolute Gasteiger partial charge is 0.150 e. The number of aromatic nitrogens is 1. The van der Waals surface area contributed by atoms with Gasteiger partial charge in [0, 0.05) is 29.8 Å². The summed E-state index contributed by atoms with van der Waals surface area (Å²) >= 11 is 0. The lowest BCUT2D eigenvalue weighted by molar-refractivity contribution is -0.231. The van der Waals surface area contributed by atoms with Gasteiger partial charge in [0.15, 0.2) is 0 Å². The fourth-order valence-electron chi connectivity index (χ4n) is 4.17. The first kappa shape index (κ1) is 21.9. The topological polar surface area (TPSA) is 95.1 Å². The van der Waals surface area contributed by atoms with E-state index in [0.29, 0.717) is 6.54 Å². The molecule has 0 amide bonds. The quantitative estimate of drug-likeness (QED) is 0.494. The summed E-state index contributed by atoms with van der Waals surface area (Å²) in [4.78, 5) is 0. The number of hydrogen-bond donors (Lipinski definition) is 4. The van der Waals surface area contributed by atoms with E-state index in [-0.39, 0.29) is 16.5 Å². The van der Waals surface area contributed by atoms with Crippen molar-refractivity contribution in [1.29, 1.82) is 0 Å². The number of ether oxygens (including phenoxy) is 1. The molecule has 0 aliphatic carbocycles. The van der Waals surface area contributed by atoms with E-state index in [9.17, 15) is 29.2 Å². The van der Waals surface area contributed by atoms with Crippen LogP contribution in [0.15, 0.2) is 42.6 Å². The predicted octanol–water partition coefficient (Wildman–Crippen LogP) is 2.05. The first-order valence-corrected chi connectivity index (χ1v) is 10.2. The van der Waals surface area contributed by atoms with Crippen molar-refractivity contribution < 1.29 is 33.9 Å². The molecule has 0 radical (unpaired) electrons. The normalized spacial score (nSPS) is 26.5. The zero-order chi connectivity index (χ0) is 22.3. The van der Waals surface area contributed by atoms with Gasteiger partial charge >= 0.3 is 0 Å². The summed E-state index contributed by atoms with van der Waals surface area (Å²) < 4.78 is 36.1. The molecule has 166 valence electrons. The van der Waals surface area contributed by atoms with E-state index in [1.54, 1.807) is 10.8 Å². The summed E-state index contributed by atoms with van der Waals surface area (Å²) in [6, 6.07) is 9.76. The monoisotopic (exact) mass is 433 g/mol. The third kappa shape index (κ3) is 3.97. The van der Waals surface area contributed by atoms with Crippen LogP contribution in [-0.4, -0.2) is 56.0 Å². The van der Waals surface area contributed by atoms with Gasteiger partial charge in [-0.3, -0.25) is 0 Å². The standard InChI is InChI=1S/C23H25F2NO5/c1-2-12-3-5-13(6-4-12)9-26-10-16(15-7-14(24)8-17(25)19(15)26)23-22(30)21(29)20(28)18(11-27)31-23/h3-8,10,18,20-23,27-30H,2,9,11H2,1H3/t18-,20-,21+,22-,23+/m1/s1. The molecule has 5 atom stereocenters. The van der Waals surface area contributed by atoms with Crippen molar-refractivity contribution in [3.63, 3.8) is 0 Å². The van der Waals surface area contributed by atoms with E-state index in [2.05, 4.69) is 0 Å². The Labute approximate surface area is 177 Å². The fraction of sp³-hybridized carbons (Fsp3) is 0.391. The highest BCUT2D eigenvalue weighted by Crippen LogP contribution is 2.38. The van der Waals surface area contributed by atoms with Crippen LogP contribution in [0.3, 0.4) is 0 Å². The number of fused-ring (bicyclic) bond motifs is 1. The highest BCUT2D eigenvalue weighted by atomic mass is 19.1. The van der Waals surface area contributed by atoms with Gasteiger partial charge in [0.2, 0.25) is 0 Å². The molecule has 0 bridgehead atoms. The minimum Gasteiger partial charge on any atom is -0.394 e. The van der Waals surface area contributed by atoms with Crippen LogP contribution in [0.2, 0.25) is 0 Å². The van der Waals surface area contributed by atoms with Gasteiger partial charge < -0.3 is 29.7 Å². The maximum absolute atomic E-state index is 14.8. The molecule has 1 fully saturated rings. The summed E-state index contributed by atoms with van der Waals surface area (Å²) in [5.41, 5.74) is 2.46. The zero-order valence-electron chi connectivity index (χ0n) is 16.9. The van der Waals surface area contributed by atoms with Crippen LogP contribution >= 0.6 is 0 Å². The Bertz CT molecular complexity index is 1070. The van der Waals surface area contributed by atoms with Crippen molar-refractivity contribution in [2.45, 2.75) is 50.4 Å². The molecule has 4 rings (SSSR count). The largest absolute Gasteiger partial charge is 0.394 e. The number of benzene rings is 2. The molecule has 0 spiro atoms. The summed E-state index contributed by atoms with van der Waals surface area (Å²) in [5, 5.41) is 40.4. The SMILES string of the molecule is CCc1ccc(Cn2cc([C@@H]3O[C@H](CO)[C@@H](O)[C@H](O)[C@H]3O)c3cc(F)cc(F)c32)cc1. The minimum absolute atomic E-state index is 0.132. The summed E-state index contributed by atoms with van der Waals surface area (Å²) in [7, 11) is 0. The molecule has 1 saturated heterocycles. The van der Waals surface area contributed by atoms with Gasteiger partial charge in [0.25, 0.3) is 0 Å². The average molecular weight is 433 g/mol. The fourth-order valence-corrected chi connectivity index (χ4v) is 4.17. The Kier molecular flexibility index (Phi) is 6.09. The number of halogens is 2. The molecule has 1 aliphatic heterocycles. The molecule has 0 saturated carbocycles. The van der Waals surface area contributed by atoms with Crippen LogP contribution in [0.25, 0.3) is 10.9 Å². The molecule has 6 nitrogen and oxygen atoms in total. The van der Waals surface area contributed by atoms with Crippen LogP contribution in [0, 0.1) is 11.6 Å². The highest BCUT2D eigenvalue weighted by Gasteiger charge is 2.45. The van der Waals surface area contributed by atoms with Crippen LogP contribution in [-0.2, 0) is 17.7 Å².